The molecule has 0 radical (unpaired) electrons. The number of aliphatic hydroxyl groups is 1. The maximum absolute atomic E-state index is 9.42. The second-order valence-corrected chi connectivity index (χ2v) is 4.69. The predicted molar refractivity (Wildman–Crippen MR) is 53.7 cm³/mol. The summed E-state index contributed by atoms with van der Waals surface area (Å²) in [5.74, 6) is 0. The molecule has 0 aromatic heterocycles. The second kappa shape index (κ2) is 3.97. The van der Waals surface area contributed by atoms with E-state index in [1.807, 2.05) is 0 Å². The molecule has 0 spiro atoms. The van der Waals surface area contributed by atoms with Crippen LogP contribution in [-0.2, 0) is 0 Å². The minimum atomic E-state index is -0.00541. The van der Waals surface area contributed by atoms with Crippen LogP contribution in [-0.4, -0.2) is 34.7 Å². The molecule has 1 saturated carbocycles. The summed E-state index contributed by atoms with van der Waals surface area (Å²) in [5.41, 5.74) is 0. The summed E-state index contributed by atoms with van der Waals surface area (Å²) in [7, 11) is 0. The van der Waals surface area contributed by atoms with Crippen LogP contribution in [0.15, 0.2) is 0 Å². The third kappa shape index (κ3) is 2.05. The van der Waals surface area contributed by atoms with Gasteiger partial charge < -0.3 is 5.11 Å². The Kier molecular flexibility index (Phi) is 2.89. The van der Waals surface area contributed by atoms with Gasteiger partial charge in [-0.25, -0.2) is 0 Å². The monoisotopic (exact) mass is 183 g/mol. The molecule has 76 valence electrons. The number of hydrogen-bond acceptors (Lipinski definition) is 2. The van der Waals surface area contributed by atoms with Crippen LogP contribution in [0.3, 0.4) is 0 Å². The van der Waals surface area contributed by atoms with Crippen molar-refractivity contribution in [2.45, 2.75) is 63.6 Å². The van der Waals surface area contributed by atoms with Crippen LogP contribution < -0.4 is 0 Å². The largest absolute Gasteiger partial charge is 0.393 e. The zero-order chi connectivity index (χ0) is 9.26. The van der Waals surface area contributed by atoms with Gasteiger partial charge in [-0.2, -0.15) is 0 Å². The van der Waals surface area contributed by atoms with Crippen molar-refractivity contribution in [1.29, 1.82) is 0 Å². The first-order valence-corrected chi connectivity index (χ1v) is 5.71. The molecule has 0 aromatic carbocycles. The lowest BCUT2D eigenvalue weighted by Gasteiger charge is -2.35. The van der Waals surface area contributed by atoms with Crippen LogP contribution in [0.2, 0.25) is 0 Å². The van der Waals surface area contributed by atoms with Gasteiger partial charge in [0.1, 0.15) is 0 Å². The molecule has 0 aromatic rings. The van der Waals surface area contributed by atoms with Crippen molar-refractivity contribution in [2.24, 2.45) is 0 Å². The molecule has 2 rings (SSSR count). The average Bonchev–Trinajstić information content (AvgIpc) is 2.53. The first-order valence-electron chi connectivity index (χ1n) is 5.71. The normalized spacial score (nSPS) is 42.5. The summed E-state index contributed by atoms with van der Waals surface area (Å²) in [5, 5.41) is 9.42. The maximum Gasteiger partial charge on any atom is 0.0541 e. The van der Waals surface area contributed by atoms with Crippen LogP contribution in [0.5, 0.6) is 0 Å². The SMILES string of the molecule is CC1CCCN1C1CCC(O)CC1. The van der Waals surface area contributed by atoms with Gasteiger partial charge in [0.15, 0.2) is 0 Å². The van der Waals surface area contributed by atoms with Gasteiger partial charge in [-0.1, -0.05) is 0 Å². The Morgan fingerprint density at radius 2 is 1.77 bits per heavy atom. The summed E-state index contributed by atoms with van der Waals surface area (Å²) in [6, 6.07) is 1.57. The van der Waals surface area contributed by atoms with Crippen molar-refractivity contribution in [3.63, 3.8) is 0 Å². The zero-order valence-electron chi connectivity index (χ0n) is 8.58. The van der Waals surface area contributed by atoms with Crippen molar-refractivity contribution in [3.05, 3.63) is 0 Å². The lowest BCUT2D eigenvalue weighted by atomic mass is 9.92. The number of hydrogen-bond donors (Lipinski definition) is 1. The highest BCUT2D eigenvalue weighted by molar-refractivity contribution is 4.85. The number of likely N-dealkylation sites (tertiary alicyclic amines) is 1. The van der Waals surface area contributed by atoms with Crippen molar-refractivity contribution in [2.75, 3.05) is 6.54 Å². The van der Waals surface area contributed by atoms with Crippen molar-refractivity contribution in [3.8, 4) is 0 Å². The van der Waals surface area contributed by atoms with E-state index in [1.165, 1.54) is 32.2 Å². The highest BCUT2D eigenvalue weighted by Crippen LogP contribution is 2.28. The third-order valence-electron chi connectivity index (χ3n) is 3.74. The fraction of sp³-hybridized carbons (Fsp3) is 1.00. The summed E-state index contributed by atoms with van der Waals surface area (Å²) in [6.07, 6.45) is 7.21. The molecule has 2 heteroatoms. The molecule has 1 unspecified atom stereocenters. The topological polar surface area (TPSA) is 23.5 Å². The Balaban J connectivity index is 1.86. The Hall–Kier alpha value is -0.0800. The van der Waals surface area contributed by atoms with Crippen molar-refractivity contribution < 1.29 is 5.11 Å². The lowest BCUT2D eigenvalue weighted by molar-refractivity contribution is 0.0711. The summed E-state index contributed by atoms with van der Waals surface area (Å²) < 4.78 is 0. The van der Waals surface area contributed by atoms with Gasteiger partial charge in [0.2, 0.25) is 0 Å². The number of rotatable bonds is 1. The zero-order valence-corrected chi connectivity index (χ0v) is 8.58. The Morgan fingerprint density at radius 1 is 1.08 bits per heavy atom. The fourth-order valence-corrected chi connectivity index (χ4v) is 2.89. The van der Waals surface area contributed by atoms with Crippen LogP contribution in [0.25, 0.3) is 0 Å². The van der Waals surface area contributed by atoms with Gasteiger partial charge in [0.25, 0.3) is 0 Å². The molecule has 1 aliphatic heterocycles. The molecule has 2 aliphatic rings. The molecular weight excluding hydrogens is 162 g/mol. The lowest BCUT2D eigenvalue weighted by Crippen LogP contribution is -2.40. The molecule has 2 fully saturated rings. The highest BCUT2D eigenvalue weighted by atomic mass is 16.3. The van der Waals surface area contributed by atoms with Crippen LogP contribution in [0.1, 0.15) is 45.4 Å². The molecule has 2 nitrogen and oxygen atoms in total. The summed E-state index contributed by atoms with van der Waals surface area (Å²) >= 11 is 0. The fourth-order valence-electron chi connectivity index (χ4n) is 2.89. The van der Waals surface area contributed by atoms with Crippen molar-refractivity contribution in [1.82, 2.24) is 4.90 Å². The minimum absolute atomic E-state index is 0.00541. The van der Waals surface area contributed by atoms with E-state index in [9.17, 15) is 5.11 Å². The molecule has 1 N–H and O–H groups in total. The highest BCUT2D eigenvalue weighted by Gasteiger charge is 2.30. The van der Waals surface area contributed by atoms with Crippen LogP contribution in [0, 0.1) is 0 Å². The minimum Gasteiger partial charge on any atom is -0.393 e. The molecule has 0 amide bonds. The smallest absolute Gasteiger partial charge is 0.0541 e. The molecule has 0 bridgehead atoms. The second-order valence-electron chi connectivity index (χ2n) is 4.69. The number of aliphatic hydroxyl groups excluding tert-OH is 1. The Bertz CT molecular complexity index is 163. The van der Waals surface area contributed by atoms with Gasteiger partial charge in [-0.05, 0) is 52.0 Å². The molecule has 1 saturated heterocycles. The van der Waals surface area contributed by atoms with Crippen LogP contribution in [0.4, 0.5) is 0 Å². The quantitative estimate of drug-likeness (QED) is 0.670. The number of nitrogens with zero attached hydrogens (tertiary/aromatic N) is 1. The molecule has 1 aliphatic carbocycles. The van der Waals surface area contributed by atoms with Gasteiger partial charge in [0.05, 0.1) is 6.10 Å². The van der Waals surface area contributed by atoms with Gasteiger partial charge in [0, 0.05) is 12.1 Å². The van der Waals surface area contributed by atoms with E-state index in [1.54, 1.807) is 0 Å². The summed E-state index contributed by atoms with van der Waals surface area (Å²) in [6.45, 7) is 3.64. The van der Waals surface area contributed by atoms with E-state index >= 15 is 0 Å². The van der Waals surface area contributed by atoms with E-state index in [2.05, 4.69) is 11.8 Å². The van der Waals surface area contributed by atoms with E-state index in [0.29, 0.717) is 0 Å². The van der Waals surface area contributed by atoms with E-state index in [-0.39, 0.29) is 6.10 Å². The van der Waals surface area contributed by atoms with Crippen LogP contribution >= 0.6 is 0 Å². The first kappa shape index (κ1) is 9.47. The molecule has 1 atom stereocenters. The summed E-state index contributed by atoms with van der Waals surface area (Å²) in [4.78, 5) is 2.66. The van der Waals surface area contributed by atoms with E-state index in [4.69, 9.17) is 0 Å². The average molecular weight is 183 g/mol. The van der Waals surface area contributed by atoms with Gasteiger partial charge in [-0.15, -0.1) is 0 Å². The van der Waals surface area contributed by atoms with Gasteiger partial charge >= 0.3 is 0 Å². The van der Waals surface area contributed by atoms with Gasteiger partial charge in [-0.3, -0.25) is 4.90 Å². The first-order chi connectivity index (χ1) is 6.27. The maximum atomic E-state index is 9.42. The predicted octanol–water partition coefficient (Wildman–Crippen LogP) is 1.77. The Morgan fingerprint density at radius 3 is 2.31 bits per heavy atom. The molecular formula is C11H21NO. The molecule has 13 heavy (non-hydrogen) atoms. The third-order valence-corrected chi connectivity index (χ3v) is 3.74. The van der Waals surface area contributed by atoms with E-state index < -0.39 is 0 Å². The van der Waals surface area contributed by atoms with Crippen molar-refractivity contribution >= 4 is 0 Å². The van der Waals surface area contributed by atoms with E-state index in [0.717, 1.165) is 24.9 Å². The molecule has 1 heterocycles. The Labute approximate surface area is 80.9 Å². The standard InChI is InChI=1S/C11H21NO/c1-9-3-2-8-12(9)10-4-6-11(13)7-5-10/h9-11,13H,2-8H2,1H3.